The number of hydrogen-bond acceptors (Lipinski definition) is 3. The van der Waals surface area contributed by atoms with Crippen LogP contribution in [0.1, 0.15) is 49.7 Å². The average Bonchev–Trinajstić information content (AvgIpc) is 2.85. The third-order valence-electron chi connectivity index (χ3n) is 6.62. The summed E-state index contributed by atoms with van der Waals surface area (Å²) in [5, 5.41) is 3.75. The number of aryl methyl sites for hydroxylation is 1. The number of allylic oxidation sites excluding steroid dienone is 3. The Labute approximate surface area is 177 Å². The lowest BCUT2D eigenvalue weighted by Gasteiger charge is -2.41. The fourth-order valence-corrected chi connectivity index (χ4v) is 5.41. The van der Waals surface area contributed by atoms with E-state index in [9.17, 15) is 9.59 Å². The predicted octanol–water partition coefficient (Wildman–Crippen LogP) is 4.58. The smallest absolute Gasteiger partial charge is 0.252 e. The van der Waals surface area contributed by atoms with Gasteiger partial charge in [-0.25, -0.2) is 0 Å². The second-order valence-corrected chi connectivity index (χ2v) is 8.77. The van der Waals surface area contributed by atoms with Crippen LogP contribution in [-0.4, -0.2) is 30.2 Å². The zero-order chi connectivity index (χ0) is 20.6. The maximum absolute atomic E-state index is 12.8. The van der Waals surface area contributed by atoms with Gasteiger partial charge in [0.25, 0.3) is 5.91 Å². The Hall–Kier alpha value is -2.33. The zero-order valence-electron chi connectivity index (χ0n) is 16.9. The molecule has 1 N–H and O–H groups in total. The van der Waals surface area contributed by atoms with Gasteiger partial charge < -0.3 is 15.0 Å². The molecule has 4 rings (SSSR count). The lowest BCUT2D eigenvalue weighted by atomic mass is 9.72. The molecular formula is C24H27ClN2O2. The first-order valence-electron chi connectivity index (χ1n) is 10.4. The summed E-state index contributed by atoms with van der Waals surface area (Å²) in [5.74, 6) is 0.795. The molecule has 29 heavy (non-hydrogen) atoms. The highest BCUT2D eigenvalue weighted by molar-refractivity contribution is 6.31. The van der Waals surface area contributed by atoms with Gasteiger partial charge in [-0.15, -0.1) is 0 Å². The Morgan fingerprint density at radius 2 is 1.86 bits per heavy atom. The van der Waals surface area contributed by atoms with E-state index in [0.717, 1.165) is 65.6 Å². The predicted molar refractivity (Wildman–Crippen MR) is 116 cm³/mol. The van der Waals surface area contributed by atoms with E-state index in [1.807, 2.05) is 31.2 Å². The van der Waals surface area contributed by atoms with Crippen LogP contribution in [0.3, 0.4) is 0 Å². The number of amides is 1. The number of carbonyl (C=O) groups is 2. The maximum Gasteiger partial charge on any atom is 0.252 e. The standard InChI is InChI=1S/C24H27ClN2O2/c1-16-6-5-9-20(25)22(16)24(15-28)10-12-27(13-11-24)21-14-17(2)18-7-3-4-8-19(18)23(29)26-21/h5-6,9,14-15H,2-4,7-8,10-13H2,1H3,(H,26,29). The molecule has 2 aliphatic heterocycles. The van der Waals surface area contributed by atoms with Crippen LogP contribution >= 0.6 is 11.6 Å². The van der Waals surface area contributed by atoms with Crippen LogP contribution in [0, 0.1) is 6.92 Å². The maximum atomic E-state index is 12.8. The van der Waals surface area contributed by atoms with E-state index in [2.05, 4.69) is 16.8 Å². The molecule has 2 heterocycles. The first-order valence-corrected chi connectivity index (χ1v) is 10.7. The highest BCUT2D eigenvalue weighted by atomic mass is 35.5. The molecule has 4 nitrogen and oxygen atoms in total. The number of nitrogens with zero attached hydrogens (tertiary/aromatic N) is 1. The van der Waals surface area contributed by atoms with Crippen LogP contribution in [0.25, 0.3) is 0 Å². The Morgan fingerprint density at radius 1 is 1.17 bits per heavy atom. The average molecular weight is 411 g/mol. The van der Waals surface area contributed by atoms with Gasteiger partial charge in [0, 0.05) is 23.7 Å². The number of nitrogens with one attached hydrogen (secondary N) is 1. The Morgan fingerprint density at radius 3 is 2.52 bits per heavy atom. The highest BCUT2D eigenvalue weighted by Gasteiger charge is 2.39. The monoisotopic (exact) mass is 410 g/mol. The van der Waals surface area contributed by atoms with Crippen molar-refractivity contribution in [2.24, 2.45) is 0 Å². The first-order chi connectivity index (χ1) is 13.9. The van der Waals surface area contributed by atoms with Crippen molar-refractivity contribution < 1.29 is 9.59 Å². The molecular weight excluding hydrogens is 384 g/mol. The molecule has 0 unspecified atom stereocenters. The van der Waals surface area contributed by atoms with Crippen molar-refractivity contribution in [1.82, 2.24) is 10.2 Å². The van der Waals surface area contributed by atoms with Gasteiger partial charge >= 0.3 is 0 Å². The second kappa shape index (κ2) is 7.83. The van der Waals surface area contributed by atoms with E-state index in [0.29, 0.717) is 31.0 Å². The molecule has 0 saturated carbocycles. The highest BCUT2D eigenvalue weighted by Crippen LogP contribution is 2.40. The summed E-state index contributed by atoms with van der Waals surface area (Å²) >= 11 is 6.49. The first kappa shape index (κ1) is 20.0. The fraction of sp³-hybridized carbons (Fsp3) is 0.417. The van der Waals surface area contributed by atoms with E-state index in [4.69, 9.17) is 11.6 Å². The van der Waals surface area contributed by atoms with Crippen LogP contribution in [0.4, 0.5) is 0 Å². The summed E-state index contributed by atoms with van der Waals surface area (Å²) < 4.78 is 0. The minimum absolute atomic E-state index is 0.00114. The quantitative estimate of drug-likeness (QED) is 0.742. The van der Waals surface area contributed by atoms with E-state index >= 15 is 0 Å². The van der Waals surface area contributed by atoms with E-state index < -0.39 is 5.41 Å². The largest absolute Gasteiger partial charge is 0.358 e. The molecule has 0 bridgehead atoms. The van der Waals surface area contributed by atoms with E-state index in [1.165, 1.54) is 0 Å². The zero-order valence-corrected chi connectivity index (χ0v) is 17.6. The van der Waals surface area contributed by atoms with Gasteiger partial charge in [-0.05, 0) is 79.9 Å². The van der Waals surface area contributed by atoms with Gasteiger partial charge in [0.2, 0.25) is 0 Å². The van der Waals surface area contributed by atoms with Crippen LogP contribution in [0.15, 0.2) is 53.4 Å². The van der Waals surface area contributed by atoms with Crippen LogP contribution in [0.2, 0.25) is 5.02 Å². The van der Waals surface area contributed by atoms with Gasteiger partial charge in [-0.3, -0.25) is 4.79 Å². The lowest BCUT2D eigenvalue weighted by molar-refractivity contribution is -0.118. The number of rotatable bonds is 3. The molecule has 1 aliphatic carbocycles. The van der Waals surface area contributed by atoms with Crippen molar-refractivity contribution in [2.45, 2.75) is 50.9 Å². The molecule has 5 heteroatoms. The fourth-order valence-electron chi connectivity index (χ4n) is 5.00. The number of likely N-dealkylation sites (tertiary alicyclic amines) is 1. The summed E-state index contributed by atoms with van der Waals surface area (Å²) in [7, 11) is 0. The number of benzene rings is 1. The third-order valence-corrected chi connectivity index (χ3v) is 6.94. The molecule has 1 saturated heterocycles. The molecule has 152 valence electrons. The Balaban J connectivity index is 1.56. The van der Waals surface area contributed by atoms with Crippen molar-refractivity contribution in [1.29, 1.82) is 0 Å². The minimum Gasteiger partial charge on any atom is -0.358 e. The van der Waals surface area contributed by atoms with Crippen molar-refractivity contribution >= 4 is 23.8 Å². The van der Waals surface area contributed by atoms with Crippen molar-refractivity contribution in [2.75, 3.05) is 13.1 Å². The van der Waals surface area contributed by atoms with Crippen molar-refractivity contribution in [3.05, 3.63) is 69.5 Å². The number of halogens is 1. The van der Waals surface area contributed by atoms with Gasteiger partial charge in [-0.1, -0.05) is 30.3 Å². The van der Waals surface area contributed by atoms with Gasteiger partial charge in [-0.2, -0.15) is 0 Å². The topological polar surface area (TPSA) is 49.4 Å². The number of aldehydes is 1. The van der Waals surface area contributed by atoms with Gasteiger partial charge in [0.05, 0.1) is 5.41 Å². The van der Waals surface area contributed by atoms with Crippen molar-refractivity contribution in [3.8, 4) is 0 Å². The normalized spacial score (nSPS) is 21.9. The molecule has 3 aliphatic rings. The summed E-state index contributed by atoms with van der Waals surface area (Å²) in [6.07, 6.45) is 8.29. The van der Waals surface area contributed by atoms with Gasteiger partial charge in [0.15, 0.2) is 0 Å². The van der Waals surface area contributed by atoms with Crippen LogP contribution < -0.4 is 5.32 Å². The Kier molecular flexibility index (Phi) is 5.39. The molecule has 1 fully saturated rings. The number of piperidine rings is 1. The molecule has 0 aromatic heterocycles. The molecule has 1 aromatic rings. The van der Waals surface area contributed by atoms with Crippen LogP contribution in [0.5, 0.6) is 0 Å². The van der Waals surface area contributed by atoms with Crippen molar-refractivity contribution in [3.63, 3.8) is 0 Å². The summed E-state index contributed by atoms with van der Waals surface area (Å²) in [6, 6.07) is 5.78. The molecule has 1 aromatic carbocycles. The van der Waals surface area contributed by atoms with E-state index in [1.54, 1.807) is 0 Å². The lowest BCUT2D eigenvalue weighted by Crippen LogP contribution is -2.46. The van der Waals surface area contributed by atoms with E-state index in [-0.39, 0.29) is 5.91 Å². The molecule has 0 atom stereocenters. The second-order valence-electron chi connectivity index (χ2n) is 8.37. The molecule has 1 amide bonds. The molecule has 0 radical (unpaired) electrons. The summed E-state index contributed by atoms with van der Waals surface area (Å²) in [4.78, 5) is 27.2. The third kappa shape index (κ3) is 3.55. The Bertz CT molecular complexity index is 916. The number of hydrogen-bond donors (Lipinski definition) is 1. The minimum atomic E-state index is -0.581. The van der Waals surface area contributed by atoms with Gasteiger partial charge in [0.1, 0.15) is 12.1 Å². The summed E-state index contributed by atoms with van der Waals surface area (Å²) in [6.45, 7) is 7.58. The SMILES string of the molecule is C=C1C=C(N2CCC(C=O)(c3c(C)cccc3Cl)CC2)NC(=O)C2=C1CCCC2. The number of carbonyl (C=O) groups excluding carboxylic acids is 2. The summed E-state index contributed by atoms with van der Waals surface area (Å²) in [5.41, 5.74) is 4.33. The van der Waals surface area contributed by atoms with Crippen LogP contribution in [-0.2, 0) is 15.0 Å². The molecule has 0 spiro atoms.